The van der Waals surface area contributed by atoms with E-state index in [9.17, 15) is 0 Å². The molecule has 1 saturated heterocycles. The lowest BCUT2D eigenvalue weighted by Crippen LogP contribution is -2.62. The first kappa shape index (κ1) is 16.0. The molecular formula is C17H30N2S. The van der Waals surface area contributed by atoms with Gasteiger partial charge in [0.25, 0.3) is 0 Å². The van der Waals surface area contributed by atoms with Crippen molar-refractivity contribution in [3.63, 3.8) is 0 Å². The van der Waals surface area contributed by atoms with Gasteiger partial charge in [0.05, 0.1) is 0 Å². The Hall–Kier alpha value is -0.380. The van der Waals surface area contributed by atoms with E-state index in [1.807, 2.05) is 11.3 Å². The fourth-order valence-corrected chi connectivity index (χ4v) is 3.79. The summed E-state index contributed by atoms with van der Waals surface area (Å²) in [6, 6.07) is 3.53. The minimum absolute atomic E-state index is 0.337. The molecule has 1 aliphatic heterocycles. The Morgan fingerprint density at radius 3 is 2.70 bits per heavy atom. The molecule has 0 aromatic carbocycles. The van der Waals surface area contributed by atoms with E-state index in [4.69, 9.17) is 0 Å². The third-order valence-corrected chi connectivity index (χ3v) is 5.25. The van der Waals surface area contributed by atoms with Crippen LogP contribution in [0.25, 0.3) is 0 Å². The maximum absolute atomic E-state index is 3.76. The summed E-state index contributed by atoms with van der Waals surface area (Å²) >= 11 is 1.81. The molecule has 2 nitrogen and oxygen atoms in total. The van der Waals surface area contributed by atoms with Crippen molar-refractivity contribution in [1.82, 2.24) is 10.2 Å². The van der Waals surface area contributed by atoms with Gasteiger partial charge >= 0.3 is 0 Å². The molecule has 20 heavy (non-hydrogen) atoms. The molecule has 1 aliphatic rings. The lowest BCUT2D eigenvalue weighted by atomic mass is 9.83. The van der Waals surface area contributed by atoms with Gasteiger partial charge < -0.3 is 5.32 Å². The highest BCUT2D eigenvalue weighted by Crippen LogP contribution is 2.27. The van der Waals surface area contributed by atoms with Crippen LogP contribution in [0.2, 0.25) is 0 Å². The highest BCUT2D eigenvalue weighted by molar-refractivity contribution is 7.07. The maximum atomic E-state index is 3.76. The van der Waals surface area contributed by atoms with Gasteiger partial charge in [-0.2, -0.15) is 11.3 Å². The number of thiophene rings is 1. The first-order valence-electron chi connectivity index (χ1n) is 7.86. The van der Waals surface area contributed by atoms with Crippen LogP contribution >= 0.6 is 11.3 Å². The van der Waals surface area contributed by atoms with E-state index >= 15 is 0 Å². The van der Waals surface area contributed by atoms with Crippen molar-refractivity contribution in [2.45, 2.75) is 53.1 Å². The van der Waals surface area contributed by atoms with E-state index in [2.05, 4.69) is 61.7 Å². The molecule has 1 aromatic heterocycles. The van der Waals surface area contributed by atoms with Crippen molar-refractivity contribution in [1.29, 1.82) is 0 Å². The van der Waals surface area contributed by atoms with Crippen LogP contribution in [0.5, 0.6) is 0 Å². The Bertz CT molecular complexity index is 392. The summed E-state index contributed by atoms with van der Waals surface area (Å²) < 4.78 is 0. The van der Waals surface area contributed by atoms with Crippen LogP contribution in [0.15, 0.2) is 16.8 Å². The minimum Gasteiger partial charge on any atom is -0.311 e. The Kier molecular flexibility index (Phi) is 5.27. The van der Waals surface area contributed by atoms with E-state index in [0.29, 0.717) is 23.4 Å². The molecule has 3 heteroatoms. The molecule has 2 heterocycles. The molecule has 2 atom stereocenters. The first-order valence-corrected chi connectivity index (χ1v) is 8.80. The standard InChI is InChI=1S/C17H30N2S/c1-13(2)15-11-19(8-6-14-7-9-20-12-14)16(10-18-15)17(3,4)5/h7,9,12-13,15-16,18H,6,8,10-11H2,1-5H3. The summed E-state index contributed by atoms with van der Waals surface area (Å²) in [5, 5.41) is 8.23. The van der Waals surface area contributed by atoms with Gasteiger partial charge in [-0.1, -0.05) is 34.6 Å². The third-order valence-electron chi connectivity index (χ3n) is 4.52. The Labute approximate surface area is 128 Å². The van der Waals surface area contributed by atoms with Crippen molar-refractivity contribution in [3.8, 4) is 0 Å². The van der Waals surface area contributed by atoms with Crippen molar-refractivity contribution in [3.05, 3.63) is 22.4 Å². The molecule has 114 valence electrons. The molecule has 2 unspecified atom stereocenters. The number of piperazine rings is 1. The van der Waals surface area contributed by atoms with E-state index < -0.39 is 0 Å². The quantitative estimate of drug-likeness (QED) is 0.912. The summed E-state index contributed by atoms with van der Waals surface area (Å²) in [5.41, 5.74) is 1.83. The van der Waals surface area contributed by atoms with Crippen LogP contribution in [0.3, 0.4) is 0 Å². The maximum Gasteiger partial charge on any atom is 0.0269 e. The Morgan fingerprint density at radius 2 is 2.15 bits per heavy atom. The largest absolute Gasteiger partial charge is 0.311 e. The average molecular weight is 295 g/mol. The van der Waals surface area contributed by atoms with Crippen molar-refractivity contribution >= 4 is 11.3 Å². The second-order valence-electron chi connectivity index (χ2n) is 7.52. The molecule has 1 fully saturated rings. The summed E-state index contributed by atoms with van der Waals surface area (Å²) in [6.45, 7) is 15.2. The summed E-state index contributed by atoms with van der Waals surface area (Å²) in [6.07, 6.45) is 1.18. The highest BCUT2D eigenvalue weighted by atomic mass is 32.1. The predicted octanol–water partition coefficient (Wildman–Crippen LogP) is 3.64. The van der Waals surface area contributed by atoms with Gasteiger partial charge in [0.15, 0.2) is 0 Å². The smallest absolute Gasteiger partial charge is 0.0269 e. The number of rotatable bonds is 4. The zero-order valence-corrected chi connectivity index (χ0v) is 14.5. The van der Waals surface area contributed by atoms with Crippen molar-refractivity contribution in [2.75, 3.05) is 19.6 Å². The number of hydrogen-bond donors (Lipinski definition) is 1. The normalized spacial score (nSPS) is 25.3. The Balaban J connectivity index is 2.01. The van der Waals surface area contributed by atoms with Crippen LogP contribution < -0.4 is 5.32 Å². The first-order chi connectivity index (χ1) is 9.38. The zero-order chi connectivity index (χ0) is 14.8. The van der Waals surface area contributed by atoms with Gasteiger partial charge in [0.2, 0.25) is 0 Å². The topological polar surface area (TPSA) is 15.3 Å². The zero-order valence-electron chi connectivity index (χ0n) is 13.6. The fourth-order valence-electron chi connectivity index (χ4n) is 3.09. The monoisotopic (exact) mass is 294 g/mol. The van der Waals surface area contributed by atoms with Crippen LogP contribution in [-0.4, -0.2) is 36.6 Å². The summed E-state index contributed by atoms with van der Waals surface area (Å²) in [7, 11) is 0. The highest BCUT2D eigenvalue weighted by Gasteiger charge is 2.35. The third kappa shape index (κ3) is 4.06. The molecule has 1 aromatic rings. The number of nitrogens with one attached hydrogen (secondary N) is 1. The van der Waals surface area contributed by atoms with Crippen molar-refractivity contribution in [2.24, 2.45) is 11.3 Å². The number of hydrogen-bond acceptors (Lipinski definition) is 3. The van der Waals surface area contributed by atoms with E-state index in [1.165, 1.54) is 25.1 Å². The van der Waals surface area contributed by atoms with E-state index in [0.717, 1.165) is 6.54 Å². The van der Waals surface area contributed by atoms with E-state index in [1.54, 1.807) is 0 Å². The molecule has 2 rings (SSSR count). The molecule has 1 N–H and O–H groups in total. The molecule has 0 amide bonds. The van der Waals surface area contributed by atoms with Crippen LogP contribution in [0, 0.1) is 11.3 Å². The number of nitrogens with zero attached hydrogens (tertiary/aromatic N) is 1. The van der Waals surface area contributed by atoms with Gasteiger partial charge in [-0.15, -0.1) is 0 Å². The summed E-state index contributed by atoms with van der Waals surface area (Å²) in [5.74, 6) is 0.708. The van der Waals surface area contributed by atoms with Crippen molar-refractivity contribution < 1.29 is 0 Å². The molecule has 0 bridgehead atoms. The van der Waals surface area contributed by atoms with Crippen LogP contribution in [0.1, 0.15) is 40.2 Å². The second-order valence-corrected chi connectivity index (χ2v) is 8.30. The molecular weight excluding hydrogens is 264 g/mol. The van der Waals surface area contributed by atoms with Gasteiger partial charge in [-0.25, -0.2) is 0 Å². The van der Waals surface area contributed by atoms with Crippen LogP contribution in [0.4, 0.5) is 0 Å². The van der Waals surface area contributed by atoms with Gasteiger partial charge in [0.1, 0.15) is 0 Å². The fraction of sp³-hybridized carbons (Fsp3) is 0.765. The minimum atomic E-state index is 0.337. The van der Waals surface area contributed by atoms with Gasteiger partial charge in [0, 0.05) is 31.7 Å². The molecule has 0 radical (unpaired) electrons. The summed E-state index contributed by atoms with van der Waals surface area (Å²) in [4.78, 5) is 2.72. The molecule has 0 aliphatic carbocycles. The SMILES string of the molecule is CC(C)C1CN(CCc2ccsc2)C(C(C)(C)C)CN1. The second kappa shape index (κ2) is 6.59. The lowest BCUT2D eigenvalue weighted by Gasteiger charge is -2.47. The molecule has 0 saturated carbocycles. The average Bonchev–Trinajstić information content (AvgIpc) is 2.87. The van der Waals surface area contributed by atoms with Gasteiger partial charge in [-0.3, -0.25) is 4.90 Å². The van der Waals surface area contributed by atoms with Gasteiger partial charge in [-0.05, 0) is 40.1 Å². The predicted molar refractivity (Wildman–Crippen MR) is 89.5 cm³/mol. The Morgan fingerprint density at radius 1 is 1.40 bits per heavy atom. The molecule has 0 spiro atoms. The lowest BCUT2D eigenvalue weighted by molar-refractivity contribution is 0.0472. The van der Waals surface area contributed by atoms with Crippen LogP contribution in [-0.2, 0) is 6.42 Å². The van der Waals surface area contributed by atoms with E-state index in [-0.39, 0.29) is 0 Å².